The van der Waals surface area contributed by atoms with Gasteiger partial charge in [-0.15, -0.1) is 0 Å². The summed E-state index contributed by atoms with van der Waals surface area (Å²) in [6.07, 6.45) is 0.0177. The zero-order valence-electron chi connectivity index (χ0n) is 12.6. The third kappa shape index (κ3) is 2.50. The van der Waals surface area contributed by atoms with Crippen LogP contribution in [0.1, 0.15) is 37.6 Å². The van der Waals surface area contributed by atoms with Gasteiger partial charge in [-0.1, -0.05) is 20.8 Å². The standard InChI is InChI=1S/C16H21NO3/c1-9-10(7-15(18)19)11-6-14(20-5)12(16(2,3)4)8-13(11)17-9/h6,8,17H,7H2,1-5H3,(H,18,19). The van der Waals surface area contributed by atoms with Crippen LogP contribution >= 0.6 is 0 Å². The van der Waals surface area contributed by atoms with Crippen molar-refractivity contribution in [2.45, 2.75) is 39.5 Å². The molecule has 1 aromatic heterocycles. The lowest BCUT2D eigenvalue weighted by atomic mass is 9.85. The van der Waals surface area contributed by atoms with Gasteiger partial charge < -0.3 is 14.8 Å². The number of hydrogen-bond donors (Lipinski definition) is 2. The number of aromatic amines is 1. The third-order valence-electron chi connectivity index (χ3n) is 3.58. The molecule has 0 aliphatic heterocycles. The summed E-state index contributed by atoms with van der Waals surface area (Å²) in [5.74, 6) is -0.0245. The minimum atomic E-state index is -0.826. The minimum Gasteiger partial charge on any atom is -0.496 e. The maximum atomic E-state index is 11.0. The highest BCUT2D eigenvalue weighted by Gasteiger charge is 2.22. The van der Waals surface area contributed by atoms with E-state index in [-0.39, 0.29) is 11.8 Å². The van der Waals surface area contributed by atoms with Crippen LogP contribution in [0.15, 0.2) is 12.1 Å². The number of fused-ring (bicyclic) bond motifs is 1. The summed E-state index contributed by atoms with van der Waals surface area (Å²) in [7, 11) is 1.65. The Kier molecular flexibility index (Phi) is 3.50. The molecule has 0 aliphatic rings. The molecule has 108 valence electrons. The van der Waals surface area contributed by atoms with Gasteiger partial charge in [0.2, 0.25) is 0 Å². The summed E-state index contributed by atoms with van der Waals surface area (Å²) in [5, 5.41) is 9.96. The van der Waals surface area contributed by atoms with Crippen LogP contribution in [0.4, 0.5) is 0 Å². The van der Waals surface area contributed by atoms with E-state index in [1.165, 1.54) is 0 Å². The van der Waals surface area contributed by atoms with Gasteiger partial charge in [-0.2, -0.15) is 0 Å². The first kappa shape index (κ1) is 14.4. The molecule has 0 spiro atoms. The third-order valence-corrected chi connectivity index (χ3v) is 3.58. The van der Waals surface area contributed by atoms with Crippen LogP contribution in [-0.2, 0) is 16.6 Å². The number of carboxylic acids is 1. The molecule has 1 aromatic carbocycles. The SMILES string of the molecule is COc1cc2c(CC(=O)O)c(C)[nH]c2cc1C(C)(C)C. The summed E-state index contributed by atoms with van der Waals surface area (Å²) in [4.78, 5) is 14.3. The first-order valence-corrected chi connectivity index (χ1v) is 6.65. The number of aliphatic carboxylic acids is 1. The second-order valence-electron chi connectivity index (χ2n) is 6.15. The lowest BCUT2D eigenvalue weighted by Crippen LogP contribution is -2.12. The summed E-state index contributed by atoms with van der Waals surface area (Å²) in [6, 6.07) is 4.00. The van der Waals surface area contributed by atoms with Crippen molar-refractivity contribution < 1.29 is 14.6 Å². The van der Waals surface area contributed by atoms with Crippen molar-refractivity contribution in [1.29, 1.82) is 0 Å². The Morgan fingerprint density at radius 3 is 2.50 bits per heavy atom. The van der Waals surface area contributed by atoms with Crippen LogP contribution in [0.3, 0.4) is 0 Å². The Bertz CT molecular complexity index is 662. The first-order chi connectivity index (χ1) is 9.24. The molecule has 4 nitrogen and oxygen atoms in total. The molecular formula is C16H21NO3. The number of methoxy groups -OCH3 is 1. The van der Waals surface area contributed by atoms with Gasteiger partial charge in [-0.25, -0.2) is 0 Å². The van der Waals surface area contributed by atoms with E-state index in [1.807, 2.05) is 13.0 Å². The van der Waals surface area contributed by atoms with Crippen LogP contribution in [0.25, 0.3) is 10.9 Å². The van der Waals surface area contributed by atoms with Gasteiger partial charge in [0.05, 0.1) is 13.5 Å². The maximum Gasteiger partial charge on any atom is 0.307 e. The number of nitrogens with one attached hydrogen (secondary N) is 1. The van der Waals surface area contributed by atoms with Gasteiger partial charge in [0, 0.05) is 22.2 Å². The lowest BCUT2D eigenvalue weighted by Gasteiger charge is -2.22. The topological polar surface area (TPSA) is 62.3 Å². The molecule has 0 saturated heterocycles. The number of aromatic nitrogens is 1. The predicted octanol–water partition coefficient (Wildman–Crippen LogP) is 3.41. The first-order valence-electron chi connectivity index (χ1n) is 6.65. The molecule has 0 radical (unpaired) electrons. The monoisotopic (exact) mass is 275 g/mol. The molecule has 0 unspecified atom stereocenters. The Morgan fingerprint density at radius 1 is 1.35 bits per heavy atom. The van der Waals surface area contributed by atoms with Gasteiger partial charge >= 0.3 is 5.97 Å². The Morgan fingerprint density at radius 2 is 2.00 bits per heavy atom. The van der Waals surface area contributed by atoms with E-state index in [0.29, 0.717) is 0 Å². The molecule has 2 rings (SSSR count). The van der Waals surface area contributed by atoms with Crippen molar-refractivity contribution in [3.63, 3.8) is 0 Å². The van der Waals surface area contributed by atoms with E-state index in [0.717, 1.165) is 33.5 Å². The number of aryl methyl sites for hydroxylation is 1. The van der Waals surface area contributed by atoms with E-state index < -0.39 is 5.97 Å². The van der Waals surface area contributed by atoms with Gasteiger partial charge in [0.15, 0.2) is 0 Å². The number of carboxylic acid groups (broad SMARTS) is 1. The molecule has 0 saturated carbocycles. The van der Waals surface area contributed by atoms with E-state index in [2.05, 4.69) is 31.8 Å². The maximum absolute atomic E-state index is 11.0. The van der Waals surface area contributed by atoms with Crippen LogP contribution < -0.4 is 4.74 Å². The number of ether oxygens (including phenoxy) is 1. The summed E-state index contributed by atoms with van der Waals surface area (Å²) in [5.41, 5.74) is 3.76. The van der Waals surface area contributed by atoms with Crippen LogP contribution in [-0.4, -0.2) is 23.2 Å². The summed E-state index contributed by atoms with van der Waals surface area (Å²) in [6.45, 7) is 8.29. The van der Waals surface area contributed by atoms with Crippen molar-refractivity contribution >= 4 is 16.9 Å². The fraction of sp³-hybridized carbons (Fsp3) is 0.438. The fourth-order valence-corrected chi connectivity index (χ4v) is 2.55. The zero-order chi connectivity index (χ0) is 15.1. The smallest absolute Gasteiger partial charge is 0.307 e. The quantitative estimate of drug-likeness (QED) is 0.902. The molecule has 2 aromatic rings. The average molecular weight is 275 g/mol. The number of H-pyrrole nitrogens is 1. The van der Waals surface area contributed by atoms with Crippen molar-refractivity contribution in [3.8, 4) is 5.75 Å². The Labute approximate surface area is 118 Å². The number of benzene rings is 1. The molecule has 4 heteroatoms. The number of carbonyl (C=O) groups is 1. The predicted molar refractivity (Wildman–Crippen MR) is 79.6 cm³/mol. The summed E-state index contributed by atoms with van der Waals surface area (Å²) >= 11 is 0. The van der Waals surface area contributed by atoms with Gasteiger partial charge in [0.1, 0.15) is 5.75 Å². The second-order valence-corrected chi connectivity index (χ2v) is 6.15. The van der Waals surface area contributed by atoms with Crippen molar-refractivity contribution in [2.75, 3.05) is 7.11 Å². The van der Waals surface area contributed by atoms with E-state index in [1.54, 1.807) is 7.11 Å². The van der Waals surface area contributed by atoms with E-state index in [4.69, 9.17) is 9.84 Å². The van der Waals surface area contributed by atoms with Gasteiger partial charge in [-0.3, -0.25) is 4.79 Å². The molecule has 2 N–H and O–H groups in total. The highest BCUT2D eigenvalue weighted by Crippen LogP contribution is 2.36. The number of rotatable bonds is 3. The fourth-order valence-electron chi connectivity index (χ4n) is 2.55. The molecule has 0 aliphatic carbocycles. The van der Waals surface area contributed by atoms with Crippen LogP contribution in [0, 0.1) is 6.92 Å². The molecule has 0 bridgehead atoms. The van der Waals surface area contributed by atoms with Crippen molar-refractivity contribution in [2.24, 2.45) is 0 Å². The lowest BCUT2D eigenvalue weighted by molar-refractivity contribution is -0.136. The molecule has 20 heavy (non-hydrogen) atoms. The van der Waals surface area contributed by atoms with Crippen LogP contribution in [0.5, 0.6) is 5.75 Å². The summed E-state index contributed by atoms with van der Waals surface area (Å²) < 4.78 is 5.49. The molecular weight excluding hydrogens is 254 g/mol. The Hall–Kier alpha value is -1.97. The van der Waals surface area contributed by atoms with E-state index in [9.17, 15) is 4.79 Å². The molecule has 0 amide bonds. The largest absolute Gasteiger partial charge is 0.496 e. The molecule has 0 fully saturated rings. The van der Waals surface area contributed by atoms with Gasteiger partial charge in [0.25, 0.3) is 0 Å². The minimum absolute atomic E-state index is 0.0177. The number of hydrogen-bond acceptors (Lipinski definition) is 2. The molecule has 0 atom stereocenters. The van der Waals surface area contributed by atoms with Crippen molar-refractivity contribution in [3.05, 3.63) is 29.0 Å². The van der Waals surface area contributed by atoms with Crippen molar-refractivity contribution in [1.82, 2.24) is 4.98 Å². The molecule has 1 heterocycles. The van der Waals surface area contributed by atoms with Crippen LogP contribution in [0.2, 0.25) is 0 Å². The second kappa shape index (κ2) is 4.85. The van der Waals surface area contributed by atoms with Gasteiger partial charge in [-0.05, 0) is 30.0 Å². The highest BCUT2D eigenvalue weighted by atomic mass is 16.5. The highest BCUT2D eigenvalue weighted by molar-refractivity contribution is 5.90. The average Bonchev–Trinajstić information content (AvgIpc) is 2.62. The zero-order valence-corrected chi connectivity index (χ0v) is 12.6. The van der Waals surface area contributed by atoms with E-state index >= 15 is 0 Å². The normalized spacial score (nSPS) is 11.8. The Balaban J connectivity index is 2.71.